The molecule has 2 saturated heterocycles. The molecule has 1 amide bonds. The van der Waals surface area contributed by atoms with Gasteiger partial charge in [0.25, 0.3) is 5.91 Å². The van der Waals surface area contributed by atoms with Crippen LogP contribution in [0.25, 0.3) is 0 Å². The first-order valence-corrected chi connectivity index (χ1v) is 11.2. The molecule has 3 aliphatic heterocycles. The molecule has 1 aromatic heterocycles. The number of fused-ring (bicyclic) bond motifs is 1. The summed E-state index contributed by atoms with van der Waals surface area (Å²) in [6, 6.07) is 7.32. The van der Waals surface area contributed by atoms with Gasteiger partial charge in [-0.05, 0) is 18.2 Å². The highest BCUT2D eigenvalue weighted by Crippen LogP contribution is 2.30. The first-order chi connectivity index (χ1) is 15.7. The lowest BCUT2D eigenvalue weighted by molar-refractivity contribution is 0.0732. The molecule has 170 valence electrons. The van der Waals surface area contributed by atoms with Crippen LogP contribution in [0.5, 0.6) is 5.75 Å². The fourth-order valence-corrected chi connectivity index (χ4v) is 4.44. The molecule has 0 saturated carbocycles. The summed E-state index contributed by atoms with van der Waals surface area (Å²) in [4.78, 5) is 29.5. The smallest absolute Gasteiger partial charge is 0.254 e. The number of carbonyl (C=O) groups excluding carboxylic acids is 1. The number of anilines is 2. The predicted molar refractivity (Wildman–Crippen MR) is 120 cm³/mol. The van der Waals surface area contributed by atoms with Crippen molar-refractivity contribution in [3.8, 4) is 5.75 Å². The van der Waals surface area contributed by atoms with E-state index in [4.69, 9.17) is 24.2 Å². The van der Waals surface area contributed by atoms with Crippen LogP contribution in [0.1, 0.15) is 21.6 Å². The highest BCUT2D eigenvalue weighted by Gasteiger charge is 2.30. The van der Waals surface area contributed by atoms with Gasteiger partial charge in [-0.1, -0.05) is 6.07 Å². The largest absolute Gasteiger partial charge is 0.497 e. The van der Waals surface area contributed by atoms with E-state index in [1.54, 1.807) is 13.2 Å². The van der Waals surface area contributed by atoms with Gasteiger partial charge in [0.2, 0.25) is 5.95 Å². The first-order valence-electron chi connectivity index (χ1n) is 11.2. The lowest BCUT2D eigenvalue weighted by Gasteiger charge is -2.36. The fraction of sp³-hybridized carbons (Fsp3) is 0.522. The molecule has 32 heavy (non-hydrogen) atoms. The van der Waals surface area contributed by atoms with Crippen LogP contribution in [-0.4, -0.2) is 87.0 Å². The van der Waals surface area contributed by atoms with Gasteiger partial charge in [0.15, 0.2) is 0 Å². The standard InChI is InChI=1S/C23H29N5O4/c1-30-18-4-2-3-17(15-18)22(29)28-6-5-20-19(16-28)21(26-7-11-31-12-8-26)25-23(24-20)27-9-13-32-14-10-27/h2-4,15H,5-14,16H2,1H3. The topological polar surface area (TPSA) is 80.3 Å². The third kappa shape index (κ3) is 4.22. The molecule has 0 radical (unpaired) electrons. The van der Waals surface area contributed by atoms with Crippen molar-refractivity contribution in [1.29, 1.82) is 0 Å². The minimum atomic E-state index is -0.000247. The Hall–Kier alpha value is -2.91. The van der Waals surface area contributed by atoms with E-state index < -0.39 is 0 Å². The van der Waals surface area contributed by atoms with Crippen molar-refractivity contribution in [2.45, 2.75) is 13.0 Å². The van der Waals surface area contributed by atoms with Crippen LogP contribution in [0.3, 0.4) is 0 Å². The number of carbonyl (C=O) groups is 1. The highest BCUT2D eigenvalue weighted by atomic mass is 16.5. The molecule has 0 spiro atoms. The first kappa shape index (κ1) is 21.0. The van der Waals surface area contributed by atoms with Gasteiger partial charge in [0, 0.05) is 50.3 Å². The molecule has 0 bridgehead atoms. The van der Waals surface area contributed by atoms with Gasteiger partial charge in [-0.15, -0.1) is 0 Å². The number of hydrogen-bond donors (Lipinski definition) is 0. The number of benzene rings is 1. The average molecular weight is 440 g/mol. The highest BCUT2D eigenvalue weighted by molar-refractivity contribution is 5.94. The van der Waals surface area contributed by atoms with Gasteiger partial charge in [-0.25, -0.2) is 4.98 Å². The second-order valence-corrected chi connectivity index (χ2v) is 8.18. The van der Waals surface area contributed by atoms with E-state index in [0.29, 0.717) is 57.3 Å². The molecular formula is C23H29N5O4. The summed E-state index contributed by atoms with van der Waals surface area (Å²) in [5, 5.41) is 0. The van der Waals surface area contributed by atoms with Gasteiger partial charge in [-0.2, -0.15) is 4.98 Å². The Balaban J connectivity index is 1.46. The molecule has 0 unspecified atom stereocenters. The Morgan fingerprint density at radius 2 is 1.69 bits per heavy atom. The zero-order chi connectivity index (χ0) is 21.9. The minimum Gasteiger partial charge on any atom is -0.497 e. The van der Waals surface area contributed by atoms with Crippen LogP contribution in [-0.2, 0) is 22.4 Å². The van der Waals surface area contributed by atoms with Crippen LogP contribution >= 0.6 is 0 Å². The maximum Gasteiger partial charge on any atom is 0.254 e. The number of amides is 1. The van der Waals surface area contributed by atoms with E-state index in [9.17, 15) is 4.79 Å². The normalized spacial score (nSPS) is 19.0. The molecule has 0 aliphatic carbocycles. The van der Waals surface area contributed by atoms with Crippen LogP contribution < -0.4 is 14.5 Å². The van der Waals surface area contributed by atoms with Gasteiger partial charge in [0.05, 0.1) is 45.8 Å². The van der Waals surface area contributed by atoms with Crippen molar-refractivity contribution in [3.05, 3.63) is 41.1 Å². The van der Waals surface area contributed by atoms with Crippen molar-refractivity contribution in [1.82, 2.24) is 14.9 Å². The second-order valence-electron chi connectivity index (χ2n) is 8.18. The average Bonchev–Trinajstić information content (AvgIpc) is 2.88. The van der Waals surface area contributed by atoms with Crippen molar-refractivity contribution in [2.75, 3.05) is 76.1 Å². The molecule has 2 aromatic rings. The molecule has 2 fully saturated rings. The van der Waals surface area contributed by atoms with Gasteiger partial charge in [0.1, 0.15) is 11.6 Å². The van der Waals surface area contributed by atoms with Crippen LogP contribution in [0, 0.1) is 0 Å². The number of hydrogen-bond acceptors (Lipinski definition) is 8. The van der Waals surface area contributed by atoms with E-state index in [1.807, 2.05) is 23.1 Å². The fourth-order valence-electron chi connectivity index (χ4n) is 4.44. The minimum absolute atomic E-state index is 0.000247. The summed E-state index contributed by atoms with van der Waals surface area (Å²) in [6.45, 7) is 7.03. The van der Waals surface area contributed by atoms with Gasteiger partial charge in [-0.3, -0.25) is 4.79 Å². The van der Waals surface area contributed by atoms with Gasteiger partial charge < -0.3 is 28.9 Å². The maximum atomic E-state index is 13.3. The lowest BCUT2D eigenvalue weighted by Crippen LogP contribution is -2.42. The number of aromatic nitrogens is 2. The third-order valence-electron chi connectivity index (χ3n) is 6.24. The summed E-state index contributed by atoms with van der Waals surface area (Å²) in [5.74, 6) is 2.38. The van der Waals surface area contributed by atoms with E-state index in [-0.39, 0.29) is 5.91 Å². The van der Waals surface area contributed by atoms with E-state index in [2.05, 4.69) is 9.80 Å². The number of morpholine rings is 2. The maximum absolute atomic E-state index is 13.3. The van der Waals surface area contributed by atoms with Crippen molar-refractivity contribution < 1.29 is 19.0 Å². The summed E-state index contributed by atoms with van der Waals surface area (Å²) in [5.41, 5.74) is 2.72. The number of methoxy groups -OCH3 is 1. The summed E-state index contributed by atoms with van der Waals surface area (Å²) in [6.07, 6.45) is 0.711. The SMILES string of the molecule is COc1cccc(C(=O)N2CCc3nc(N4CCOCC4)nc(N4CCOCC4)c3C2)c1. The quantitative estimate of drug-likeness (QED) is 0.707. The Morgan fingerprint density at radius 3 is 2.41 bits per heavy atom. The van der Waals surface area contributed by atoms with E-state index >= 15 is 0 Å². The van der Waals surface area contributed by atoms with Crippen LogP contribution in [0.4, 0.5) is 11.8 Å². The van der Waals surface area contributed by atoms with Crippen molar-refractivity contribution in [3.63, 3.8) is 0 Å². The van der Waals surface area contributed by atoms with Gasteiger partial charge >= 0.3 is 0 Å². The zero-order valence-corrected chi connectivity index (χ0v) is 18.5. The molecule has 1 aromatic carbocycles. The van der Waals surface area contributed by atoms with Crippen molar-refractivity contribution in [2.24, 2.45) is 0 Å². The molecular weight excluding hydrogens is 410 g/mol. The monoisotopic (exact) mass is 439 g/mol. The summed E-state index contributed by atoms with van der Waals surface area (Å²) >= 11 is 0. The lowest BCUT2D eigenvalue weighted by atomic mass is 10.0. The van der Waals surface area contributed by atoms with Crippen molar-refractivity contribution >= 4 is 17.7 Å². The predicted octanol–water partition coefficient (Wildman–Crippen LogP) is 1.36. The third-order valence-corrected chi connectivity index (χ3v) is 6.24. The zero-order valence-electron chi connectivity index (χ0n) is 18.5. The van der Waals surface area contributed by atoms with Crippen LogP contribution in [0.15, 0.2) is 24.3 Å². The number of rotatable bonds is 4. The van der Waals surface area contributed by atoms with E-state index in [0.717, 1.165) is 49.2 Å². The molecule has 9 nitrogen and oxygen atoms in total. The number of nitrogens with zero attached hydrogens (tertiary/aromatic N) is 5. The summed E-state index contributed by atoms with van der Waals surface area (Å²) < 4.78 is 16.4. The number of ether oxygens (including phenoxy) is 3. The molecule has 3 aliphatic rings. The summed E-state index contributed by atoms with van der Waals surface area (Å²) in [7, 11) is 1.61. The Labute approximate surface area is 187 Å². The molecule has 9 heteroatoms. The Kier molecular flexibility index (Phi) is 6.09. The Bertz CT molecular complexity index is 973. The van der Waals surface area contributed by atoms with Crippen LogP contribution in [0.2, 0.25) is 0 Å². The Morgan fingerprint density at radius 1 is 0.969 bits per heavy atom. The second kappa shape index (κ2) is 9.30. The molecule has 0 N–H and O–H groups in total. The molecule has 5 rings (SSSR count). The molecule has 4 heterocycles. The van der Waals surface area contributed by atoms with E-state index in [1.165, 1.54) is 0 Å². The molecule has 0 atom stereocenters.